The molecular formula is C15H10ClN3. The Morgan fingerprint density at radius 2 is 2.16 bits per heavy atom. The molecule has 0 aliphatic carbocycles. The van der Waals surface area contributed by atoms with Crippen molar-refractivity contribution in [3.63, 3.8) is 0 Å². The first-order valence-corrected chi connectivity index (χ1v) is 6.18. The lowest BCUT2D eigenvalue weighted by molar-refractivity contribution is 0.886. The molecule has 2 aromatic heterocycles. The lowest BCUT2D eigenvalue weighted by atomic mass is 10.2. The Labute approximate surface area is 115 Å². The number of nitrogens with zero attached hydrogens (tertiary/aromatic N) is 3. The Morgan fingerprint density at radius 3 is 3.00 bits per heavy atom. The van der Waals surface area contributed by atoms with Crippen LogP contribution < -0.4 is 0 Å². The van der Waals surface area contributed by atoms with Crippen molar-refractivity contribution in [2.75, 3.05) is 0 Å². The third-order valence-corrected chi connectivity index (χ3v) is 3.02. The van der Waals surface area contributed by atoms with Gasteiger partial charge >= 0.3 is 0 Å². The largest absolute Gasteiger partial charge is 0.256 e. The van der Waals surface area contributed by atoms with Crippen molar-refractivity contribution >= 4 is 22.5 Å². The van der Waals surface area contributed by atoms with Crippen LogP contribution in [0.5, 0.6) is 0 Å². The second kappa shape index (κ2) is 4.75. The fraction of sp³-hybridized carbons (Fsp3) is 0.0667. The number of rotatable bonds is 1. The summed E-state index contributed by atoms with van der Waals surface area (Å²) in [6.45, 7) is 1.81. The molecule has 0 bridgehead atoms. The monoisotopic (exact) mass is 267 g/mol. The van der Waals surface area contributed by atoms with Gasteiger partial charge in [-0.1, -0.05) is 17.5 Å². The van der Waals surface area contributed by atoms with Crippen LogP contribution >= 0.6 is 11.6 Å². The van der Waals surface area contributed by atoms with Crippen LogP contribution in [0.3, 0.4) is 0 Å². The van der Waals surface area contributed by atoms with E-state index in [1.807, 2.05) is 30.5 Å². The van der Waals surface area contributed by atoms with Gasteiger partial charge in [-0.15, -0.1) is 5.92 Å². The Kier molecular flexibility index (Phi) is 2.94. The summed E-state index contributed by atoms with van der Waals surface area (Å²) in [5.74, 6) is 5.85. The van der Waals surface area contributed by atoms with E-state index in [-0.39, 0.29) is 0 Å². The maximum absolute atomic E-state index is 5.98. The number of benzene rings is 1. The van der Waals surface area contributed by atoms with Crippen LogP contribution in [0, 0.1) is 11.8 Å². The molecule has 0 saturated carbocycles. The average molecular weight is 268 g/mol. The van der Waals surface area contributed by atoms with Crippen molar-refractivity contribution in [1.29, 1.82) is 0 Å². The predicted molar refractivity (Wildman–Crippen MR) is 76.4 cm³/mol. The zero-order valence-electron chi connectivity index (χ0n) is 10.3. The van der Waals surface area contributed by atoms with Crippen LogP contribution in [0.25, 0.3) is 16.6 Å². The maximum Gasteiger partial charge on any atom is 0.0755 e. The minimum absolute atomic E-state index is 0.676. The summed E-state index contributed by atoms with van der Waals surface area (Å²) in [5.41, 5.74) is 2.70. The van der Waals surface area contributed by atoms with Gasteiger partial charge in [-0.25, -0.2) is 4.68 Å². The molecule has 3 rings (SSSR count). The van der Waals surface area contributed by atoms with Crippen LogP contribution in [-0.4, -0.2) is 14.8 Å². The minimum atomic E-state index is 0.676. The number of hydrogen-bond donors (Lipinski definition) is 0. The SMILES string of the molecule is CC#Cc1cnn(-c2ccnc3cc(Cl)ccc23)c1. The van der Waals surface area contributed by atoms with Gasteiger partial charge in [0.25, 0.3) is 0 Å². The fourth-order valence-electron chi connectivity index (χ4n) is 1.97. The van der Waals surface area contributed by atoms with E-state index in [2.05, 4.69) is 21.9 Å². The Hall–Kier alpha value is -2.31. The number of halogens is 1. The van der Waals surface area contributed by atoms with Crippen LogP contribution in [0.2, 0.25) is 5.02 Å². The van der Waals surface area contributed by atoms with Crippen molar-refractivity contribution in [2.45, 2.75) is 6.92 Å². The van der Waals surface area contributed by atoms with Crippen molar-refractivity contribution in [2.24, 2.45) is 0 Å². The quantitative estimate of drug-likeness (QED) is 0.632. The van der Waals surface area contributed by atoms with E-state index in [0.717, 1.165) is 22.2 Å². The summed E-state index contributed by atoms with van der Waals surface area (Å²) in [6.07, 6.45) is 5.40. The molecule has 92 valence electrons. The molecule has 0 amide bonds. The summed E-state index contributed by atoms with van der Waals surface area (Å²) in [6, 6.07) is 7.57. The first kappa shape index (κ1) is 11.8. The topological polar surface area (TPSA) is 30.7 Å². The summed E-state index contributed by atoms with van der Waals surface area (Å²) in [7, 11) is 0. The van der Waals surface area contributed by atoms with Crippen molar-refractivity contribution in [3.05, 3.63) is 53.4 Å². The molecule has 1 aromatic carbocycles. The van der Waals surface area contributed by atoms with Crippen LogP contribution in [0.1, 0.15) is 12.5 Å². The minimum Gasteiger partial charge on any atom is -0.256 e. The molecule has 3 nitrogen and oxygen atoms in total. The van der Waals surface area contributed by atoms with Crippen molar-refractivity contribution < 1.29 is 0 Å². The van der Waals surface area contributed by atoms with Gasteiger partial charge < -0.3 is 0 Å². The summed E-state index contributed by atoms with van der Waals surface area (Å²) in [5, 5.41) is 6.01. The van der Waals surface area contributed by atoms with Gasteiger partial charge in [0, 0.05) is 22.8 Å². The summed E-state index contributed by atoms with van der Waals surface area (Å²) < 4.78 is 1.80. The zero-order valence-corrected chi connectivity index (χ0v) is 11.0. The van der Waals surface area contributed by atoms with E-state index in [4.69, 9.17) is 11.6 Å². The Morgan fingerprint density at radius 1 is 1.26 bits per heavy atom. The molecule has 0 radical (unpaired) electrons. The van der Waals surface area contributed by atoms with Crippen LogP contribution in [0.15, 0.2) is 42.9 Å². The van der Waals surface area contributed by atoms with E-state index in [9.17, 15) is 0 Å². The summed E-state index contributed by atoms with van der Waals surface area (Å²) in [4.78, 5) is 4.32. The van der Waals surface area contributed by atoms with Gasteiger partial charge in [0.1, 0.15) is 0 Å². The molecule has 0 aliphatic heterocycles. The highest BCUT2D eigenvalue weighted by atomic mass is 35.5. The first-order valence-electron chi connectivity index (χ1n) is 5.80. The molecule has 0 N–H and O–H groups in total. The molecule has 0 unspecified atom stereocenters. The van der Waals surface area contributed by atoms with Crippen LogP contribution in [0.4, 0.5) is 0 Å². The molecule has 4 heteroatoms. The lowest BCUT2D eigenvalue weighted by Gasteiger charge is -2.05. The standard InChI is InChI=1S/C15H10ClN3/c1-2-3-11-9-18-19(10-11)15-6-7-17-14-8-12(16)4-5-13(14)15/h4-10H,1H3. The van der Waals surface area contributed by atoms with Gasteiger partial charge in [0.05, 0.1) is 23.0 Å². The Bertz CT molecular complexity index is 809. The molecule has 0 spiro atoms. The third kappa shape index (κ3) is 2.18. The Balaban J connectivity index is 2.20. The molecule has 0 fully saturated rings. The number of pyridine rings is 1. The first-order chi connectivity index (χ1) is 9.28. The van der Waals surface area contributed by atoms with Gasteiger partial charge in [-0.2, -0.15) is 5.10 Å². The number of hydrogen-bond acceptors (Lipinski definition) is 2. The highest BCUT2D eigenvalue weighted by Crippen LogP contribution is 2.23. The highest BCUT2D eigenvalue weighted by Gasteiger charge is 2.05. The zero-order chi connectivity index (χ0) is 13.2. The molecule has 19 heavy (non-hydrogen) atoms. The van der Waals surface area contributed by atoms with Crippen molar-refractivity contribution in [3.8, 4) is 17.5 Å². The van der Waals surface area contributed by atoms with Crippen molar-refractivity contribution in [1.82, 2.24) is 14.8 Å². The van der Waals surface area contributed by atoms with E-state index < -0.39 is 0 Å². The molecule has 0 aliphatic rings. The normalized spacial score (nSPS) is 10.2. The predicted octanol–water partition coefficient (Wildman–Crippen LogP) is 3.45. The molecule has 0 saturated heterocycles. The molecule has 3 aromatic rings. The van der Waals surface area contributed by atoms with E-state index in [1.165, 1.54) is 0 Å². The molecule has 2 heterocycles. The molecular weight excluding hydrogens is 258 g/mol. The highest BCUT2D eigenvalue weighted by molar-refractivity contribution is 6.31. The fourth-order valence-corrected chi connectivity index (χ4v) is 2.14. The number of fused-ring (bicyclic) bond motifs is 1. The maximum atomic E-state index is 5.98. The second-order valence-electron chi connectivity index (χ2n) is 4.04. The van der Waals surface area contributed by atoms with E-state index in [0.29, 0.717) is 5.02 Å². The smallest absolute Gasteiger partial charge is 0.0755 e. The third-order valence-electron chi connectivity index (χ3n) is 2.78. The summed E-state index contributed by atoms with van der Waals surface area (Å²) >= 11 is 5.98. The van der Waals surface area contributed by atoms with Gasteiger partial charge in [0.15, 0.2) is 0 Å². The van der Waals surface area contributed by atoms with Crippen LogP contribution in [-0.2, 0) is 0 Å². The number of aromatic nitrogens is 3. The van der Waals surface area contributed by atoms with Gasteiger partial charge in [-0.3, -0.25) is 4.98 Å². The van der Waals surface area contributed by atoms with E-state index in [1.54, 1.807) is 24.0 Å². The van der Waals surface area contributed by atoms with E-state index >= 15 is 0 Å². The average Bonchev–Trinajstić information content (AvgIpc) is 2.86. The van der Waals surface area contributed by atoms with Gasteiger partial charge in [-0.05, 0) is 31.2 Å². The lowest BCUT2D eigenvalue weighted by Crippen LogP contribution is -1.96. The second-order valence-corrected chi connectivity index (χ2v) is 4.48. The van der Waals surface area contributed by atoms with Gasteiger partial charge in [0.2, 0.25) is 0 Å². The molecule has 0 atom stereocenters.